The van der Waals surface area contributed by atoms with Gasteiger partial charge >= 0.3 is 0 Å². The molecule has 2 rings (SSSR count). The van der Waals surface area contributed by atoms with Crippen molar-refractivity contribution >= 4 is 23.2 Å². The van der Waals surface area contributed by atoms with E-state index in [-0.39, 0.29) is 5.56 Å². The third-order valence-electron chi connectivity index (χ3n) is 2.89. The number of aromatic nitrogens is 2. The van der Waals surface area contributed by atoms with Gasteiger partial charge in [0.15, 0.2) is 0 Å². The lowest BCUT2D eigenvalue weighted by Gasteiger charge is -2.09. The van der Waals surface area contributed by atoms with Gasteiger partial charge in [-0.2, -0.15) is 5.10 Å². The third kappa shape index (κ3) is 2.42. The Morgan fingerprint density at radius 3 is 2.72 bits per heavy atom. The fraction of sp³-hybridized carbons (Fsp3) is 0.231. The summed E-state index contributed by atoms with van der Waals surface area (Å²) in [7, 11) is 0. The van der Waals surface area contributed by atoms with Crippen LogP contribution in [-0.2, 0) is 6.54 Å². The van der Waals surface area contributed by atoms with Crippen LogP contribution in [-0.4, -0.2) is 9.78 Å². The summed E-state index contributed by atoms with van der Waals surface area (Å²) in [5, 5.41) is 5.05. The van der Waals surface area contributed by atoms with Crippen LogP contribution in [0.4, 0.5) is 0 Å². The molecular weight excluding hydrogens is 271 g/mol. The molecular formula is C13H12Cl2N2O. The first kappa shape index (κ1) is 13.1. The Hall–Kier alpha value is -1.32. The number of halogens is 2. The Morgan fingerprint density at radius 1 is 1.28 bits per heavy atom. The summed E-state index contributed by atoms with van der Waals surface area (Å²) in [5.41, 5.74) is 2.25. The number of rotatable bonds is 2. The van der Waals surface area contributed by atoms with Crippen molar-refractivity contribution in [2.24, 2.45) is 0 Å². The van der Waals surface area contributed by atoms with Gasteiger partial charge in [-0.15, -0.1) is 0 Å². The topological polar surface area (TPSA) is 34.9 Å². The monoisotopic (exact) mass is 282 g/mol. The van der Waals surface area contributed by atoms with Crippen LogP contribution in [0.1, 0.15) is 16.7 Å². The number of hydrogen-bond acceptors (Lipinski definition) is 2. The molecule has 0 saturated heterocycles. The smallest absolute Gasteiger partial charge is 0.267 e. The maximum atomic E-state index is 12.0. The Bertz CT molecular complexity index is 650. The molecule has 0 aliphatic heterocycles. The molecule has 0 radical (unpaired) electrons. The lowest BCUT2D eigenvalue weighted by atomic mass is 10.2. The van der Waals surface area contributed by atoms with Gasteiger partial charge in [0.2, 0.25) is 0 Å². The largest absolute Gasteiger partial charge is 0.270 e. The maximum Gasteiger partial charge on any atom is 0.270 e. The van der Waals surface area contributed by atoms with Gasteiger partial charge in [0, 0.05) is 5.56 Å². The molecule has 0 amide bonds. The Kier molecular flexibility index (Phi) is 3.73. The van der Waals surface area contributed by atoms with Crippen molar-refractivity contribution < 1.29 is 0 Å². The summed E-state index contributed by atoms with van der Waals surface area (Å²) < 4.78 is 1.39. The van der Waals surface area contributed by atoms with Crippen molar-refractivity contribution in [1.82, 2.24) is 9.78 Å². The highest BCUT2D eigenvalue weighted by Gasteiger charge is 2.08. The van der Waals surface area contributed by atoms with Crippen molar-refractivity contribution in [3.63, 3.8) is 0 Å². The molecule has 0 N–H and O–H groups in total. The van der Waals surface area contributed by atoms with Gasteiger partial charge in [-0.1, -0.05) is 35.3 Å². The van der Waals surface area contributed by atoms with E-state index in [1.165, 1.54) is 4.68 Å². The first-order valence-electron chi connectivity index (χ1n) is 5.47. The molecule has 0 aliphatic carbocycles. The molecule has 0 fully saturated rings. The minimum absolute atomic E-state index is 0.106. The Labute approximate surface area is 115 Å². The van der Waals surface area contributed by atoms with Crippen LogP contribution in [0, 0.1) is 13.8 Å². The van der Waals surface area contributed by atoms with Gasteiger partial charge in [-0.3, -0.25) is 4.79 Å². The van der Waals surface area contributed by atoms with Gasteiger partial charge < -0.3 is 0 Å². The molecule has 0 aliphatic rings. The van der Waals surface area contributed by atoms with Crippen molar-refractivity contribution in [3.8, 4) is 0 Å². The molecule has 18 heavy (non-hydrogen) atoms. The summed E-state index contributed by atoms with van der Waals surface area (Å²) in [6.07, 6.45) is 1.68. The number of benzene rings is 1. The number of aryl methyl sites for hydroxylation is 1. The Balaban J connectivity index is 2.44. The lowest BCUT2D eigenvalue weighted by Crippen LogP contribution is -2.26. The van der Waals surface area contributed by atoms with E-state index in [2.05, 4.69) is 5.10 Å². The van der Waals surface area contributed by atoms with Crippen molar-refractivity contribution in [2.45, 2.75) is 20.4 Å². The molecule has 1 heterocycles. The molecule has 3 nitrogen and oxygen atoms in total. The summed E-state index contributed by atoms with van der Waals surface area (Å²) >= 11 is 12.0. The lowest BCUT2D eigenvalue weighted by molar-refractivity contribution is 0.630. The van der Waals surface area contributed by atoms with Gasteiger partial charge in [0.05, 0.1) is 22.8 Å². The second-order valence-electron chi connectivity index (χ2n) is 4.13. The molecule has 5 heteroatoms. The average Bonchev–Trinajstić information content (AvgIpc) is 2.35. The van der Waals surface area contributed by atoms with Crippen LogP contribution in [0.2, 0.25) is 10.0 Å². The second kappa shape index (κ2) is 5.12. The van der Waals surface area contributed by atoms with Crippen LogP contribution in [0.3, 0.4) is 0 Å². The van der Waals surface area contributed by atoms with Crippen LogP contribution in [0.15, 0.2) is 29.2 Å². The SMILES string of the molecule is Cc1cnn(Cc2cccc(Cl)c2Cl)c(=O)c1C. The Morgan fingerprint density at radius 2 is 2.00 bits per heavy atom. The zero-order valence-electron chi connectivity index (χ0n) is 10.1. The molecule has 0 unspecified atom stereocenters. The van der Waals surface area contributed by atoms with Gasteiger partial charge in [0.25, 0.3) is 5.56 Å². The molecule has 2 aromatic rings. The molecule has 0 saturated carbocycles. The summed E-state index contributed by atoms with van der Waals surface area (Å²) in [5.74, 6) is 0. The third-order valence-corrected chi connectivity index (χ3v) is 3.75. The predicted molar refractivity (Wildman–Crippen MR) is 73.5 cm³/mol. The fourth-order valence-electron chi connectivity index (χ4n) is 1.61. The highest BCUT2D eigenvalue weighted by molar-refractivity contribution is 6.42. The molecule has 0 bridgehead atoms. The highest BCUT2D eigenvalue weighted by atomic mass is 35.5. The molecule has 0 atom stereocenters. The van der Waals surface area contributed by atoms with Crippen LogP contribution >= 0.6 is 23.2 Å². The minimum atomic E-state index is -0.106. The summed E-state index contributed by atoms with van der Waals surface area (Å²) in [4.78, 5) is 12.0. The van der Waals surface area contributed by atoms with Gasteiger partial charge in [-0.25, -0.2) is 4.68 Å². The highest BCUT2D eigenvalue weighted by Crippen LogP contribution is 2.25. The van der Waals surface area contributed by atoms with Crippen LogP contribution in [0.5, 0.6) is 0 Å². The molecule has 0 spiro atoms. The van der Waals surface area contributed by atoms with Gasteiger partial charge in [-0.05, 0) is 31.0 Å². The van der Waals surface area contributed by atoms with E-state index in [4.69, 9.17) is 23.2 Å². The minimum Gasteiger partial charge on any atom is -0.267 e. The molecule has 1 aromatic carbocycles. The first-order valence-corrected chi connectivity index (χ1v) is 6.22. The number of nitrogens with zero attached hydrogens (tertiary/aromatic N) is 2. The van der Waals surface area contributed by atoms with Gasteiger partial charge in [0.1, 0.15) is 0 Å². The second-order valence-corrected chi connectivity index (χ2v) is 4.91. The van der Waals surface area contributed by atoms with Crippen LogP contribution in [0.25, 0.3) is 0 Å². The average molecular weight is 283 g/mol. The van der Waals surface area contributed by atoms with E-state index >= 15 is 0 Å². The van der Waals surface area contributed by atoms with E-state index in [0.29, 0.717) is 22.2 Å². The zero-order valence-corrected chi connectivity index (χ0v) is 11.6. The quantitative estimate of drug-likeness (QED) is 0.848. The van der Waals surface area contributed by atoms with E-state index in [0.717, 1.165) is 11.1 Å². The van der Waals surface area contributed by atoms with E-state index in [1.807, 2.05) is 13.0 Å². The molecule has 1 aromatic heterocycles. The standard InChI is InChI=1S/C13H12Cl2N2O/c1-8-6-16-17(13(18)9(8)2)7-10-4-3-5-11(14)12(10)15/h3-6H,7H2,1-2H3. The van der Waals surface area contributed by atoms with E-state index in [9.17, 15) is 4.79 Å². The molecule has 94 valence electrons. The van der Waals surface area contributed by atoms with Crippen molar-refractivity contribution in [2.75, 3.05) is 0 Å². The maximum absolute atomic E-state index is 12.0. The van der Waals surface area contributed by atoms with Crippen molar-refractivity contribution in [1.29, 1.82) is 0 Å². The zero-order chi connectivity index (χ0) is 13.3. The summed E-state index contributed by atoms with van der Waals surface area (Å²) in [6, 6.07) is 5.34. The van der Waals surface area contributed by atoms with E-state index < -0.39 is 0 Å². The summed E-state index contributed by atoms with van der Waals surface area (Å²) in [6.45, 7) is 3.97. The predicted octanol–water partition coefficient (Wildman–Crippen LogP) is 3.22. The number of hydrogen-bond donors (Lipinski definition) is 0. The normalized spacial score (nSPS) is 10.7. The van der Waals surface area contributed by atoms with Crippen molar-refractivity contribution in [3.05, 3.63) is 61.5 Å². The first-order chi connectivity index (χ1) is 8.50. The fourth-order valence-corrected chi connectivity index (χ4v) is 1.99. The van der Waals surface area contributed by atoms with E-state index in [1.54, 1.807) is 25.3 Å². The van der Waals surface area contributed by atoms with Crippen LogP contribution < -0.4 is 5.56 Å².